The molecule has 0 radical (unpaired) electrons. The van der Waals surface area contributed by atoms with Crippen molar-refractivity contribution in [2.24, 2.45) is 7.05 Å². The molecule has 2 heterocycles. The van der Waals surface area contributed by atoms with Crippen molar-refractivity contribution in [1.29, 1.82) is 0 Å². The molecule has 1 N–H and O–H groups in total. The van der Waals surface area contributed by atoms with Crippen LogP contribution in [-0.2, 0) is 11.8 Å². The van der Waals surface area contributed by atoms with Gasteiger partial charge in [-0.25, -0.2) is 4.98 Å². The SMILES string of the molecule is Cc1nn(C)c2nc(C(C)C)cc(C(=O)N(C)CCCC(=O)O)c12. The smallest absolute Gasteiger partial charge is 0.303 e. The van der Waals surface area contributed by atoms with Gasteiger partial charge in [0.1, 0.15) is 0 Å². The van der Waals surface area contributed by atoms with Crippen LogP contribution in [0.1, 0.15) is 54.4 Å². The minimum absolute atomic E-state index is 0.0482. The van der Waals surface area contributed by atoms with Crippen LogP contribution < -0.4 is 0 Å². The van der Waals surface area contributed by atoms with Gasteiger partial charge in [0, 0.05) is 32.8 Å². The summed E-state index contributed by atoms with van der Waals surface area (Å²) in [6, 6.07) is 1.83. The Labute approximate surface area is 141 Å². The standard InChI is InChI=1S/C17H24N4O3/c1-10(2)13-9-12(15-11(3)19-21(5)16(15)18-13)17(24)20(4)8-6-7-14(22)23/h9-10H,6-8H2,1-5H3,(H,22,23). The number of fused-ring (bicyclic) bond motifs is 1. The van der Waals surface area contributed by atoms with Gasteiger partial charge in [-0.15, -0.1) is 0 Å². The van der Waals surface area contributed by atoms with Crippen molar-refractivity contribution in [3.63, 3.8) is 0 Å². The van der Waals surface area contributed by atoms with Gasteiger partial charge in [-0.3, -0.25) is 14.3 Å². The van der Waals surface area contributed by atoms with E-state index in [0.717, 1.165) is 16.8 Å². The lowest BCUT2D eigenvalue weighted by molar-refractivity contribution is -0.137. The molecule has 130 valence electrons. The third-order valence-corrected chi connectivity index (χ3v) is 4.04. The topological polar surface area (TPSA) is 88.3 Å². The second kappa shape index (κ2) is 6.98. The van der Waals surface area contributed by atoms with E-state index in [2.05, 4.69) is 10.1 Å². The van der Waals surface area contributed by atoms with E-state index in [9.17, 15) is 9.59 Å². The quantitative estimate of drug-likeness (QED) is 0.877. The van der Waals surface area contributed by atoms with Crippen molar-refractivity contribution < 1.29 is 14.7 Å². The van der Waals surface area contributed by atoms with E-state index in [-0.39, 0.29) is 18.2 Å². The Morgan fingerprint density at radius 2 is 2.04 bits per heavy atom. The van der Waals surface area contributed by atoms with E-state index in [1.165, 1.54) is 0 Å². The number of hydrogen-bond acceptors (Lipinski definition) is 4. The van der Waals surface area contributed by atoms with Gasteiger partial charge in [0.2, 0.25) is 0 Å². The van der Waals surface area contributed by atoms with Gasteiger partial charge >= 0.3 is 5.97 Å². The summed E-state index contributed by atoms with van der Waals surface area (Å²) in [6.07, 6.45) is 0.474. The zero-order valence-electron chi connectivity index (χ0n) is 14.8. The van der Waals surface area contributed by atoms with Crippen LogP contribution in [0.4, 0.5) is 0 Å². The van der Waals surface area contributed by atoms with Crippen LogP contribution in [0, 0.1) is 6.92 Å². The lowest BCUT2D eigenvalue weighted by Gasteiger charge is -2.18. The van der Waals surface area contributed by atoms with Gasteiger partial charge in [0.15, 0.2) is 5.65 Å². The highest BCUT2D eigenvalue weighted by Gasteiger charge is 2.21. The number of carboxylic acid groups (broad SMARTS) is 1. The molecule has 2 aromatic heterocycles. The van der Waals surface area contributed by atoms with Crippen LogP contribution >= 0.6 is 0 Å². The summed E-state index contributed by atoms with van der Waals surface area (Å²) in [6.45, 7) is 6.32. The third kappa shape index (κ3) is 3.55. The summed E-state index contributed by atoms with van der Waals surface area (Å²) in [4.78, 5) is 29.7. The number of carbonyl (C=O) groups is 2. The number of hydrogen-bond donors (Lipinski definition) is 1. The Bertz CT molecular complexity index is 780. The lowest BCUT2D eigenvalue weighted by atomic mass is 10.0. The van der Waals surface area contributed by atoms with Crippen LogP contribution in [0.15, 0.2) is 6.07 Å². The second-order valence-electron chi connectivity index (χ2n) is 6.38. The molecule has 0 aliphatic rings. The Hall–Kier alpha value is -2.44. The van der Waals surface area contributed by atoms with Crippen molar-refractivity contribution in [2.75, 3.05) is 13.6 Å². The zero-order valence-corrected chi connectivity index (χ0v) is 14.8. The highest BCUT2D eigenvalue weighted by molar-refractivity contribution is 6.06. The maximum absolute atomic E-state index is 12.9. The molecule has 0 aliphatic heterocycles. The molecular weight excluding hydrogens is 308 g/mol. The Morgan fingerprint density at radius 1 is 1.38 bits per heavy atom. The average molecular weight is 332 g/mol. The predicted molar refractivity (Wildman–Crippen MR) is 91.2 cm³/mol. The molecule has 0 saturated heterocycles. The van der Waals surface area contributed by atoms with Crippen molar-refractivity contribution in [3.05, 3.63) is 23.0 Å². The fraction of sp³-hybridized carbons (Fsp3) is 0.529. The maximum Gasteiger partial charge on any atom is 0.303 e. The normalized spacial score (nSPS) is 11.2. The molecule has 0 spiro atoms. The molecule has 0 bridgehead atoms. The molecule has 24 heavy (non-hydrogen) atoms. The van der Waals surface area contributed by atoms with Gasteiger partial charge in [0.05, 0.1) is 16.6 Å². The second-order valence-corrected chi connectivity index (χ2v) is 6.38. The molecule has 2 rings (SSSR count). The number of rotatable bonds is 6. The average Bonchev–Trinajstić information content (AvgIpc) is 2.80. The Balaban J connectivity index is 2.42. The molecule has 0 aromatic carbocycles. The molecule has 0 fully saturated rings. The molecule has 7 heteroatoms. The minimum atomic E-state index is -0.854. The monoisotopic (exact) mass is 332 g/mol. The minimum Gasteiger partial charge on any atom is -0.481 e. The summed E-state index contributed by atoms with van der Waals surface area (Å²) >= 11 is 0. The Morgan fingerprint density at radius 3 is 2.62 bits per heavy atom. The molecule has 0 aliphatic carbocycles. The van der Waals surface area contributed by atoms with Gasteiger partial charge in [-0.1, -0.05) is 13.8 Å². The fourth-order valence-corrected chi connectivity index (χ4v) is 2.70. The maximum atomic E-state index is 12.9. The molecule has 0 saturated carbocycles. The highest BCUT2D eigenvalue weighted by atomic mass is 16.4. The summed E-state index contributed by atoms with van der Waals surface area (Å²) in [5.41, 5.74) is 2.87. The van der Waals surface area contributed by atoms with Crippen LogP contribution in [0.2, 0.25) is 0 Å². The van der Waals surface area contributed by atoms with Crippen LogP contribution in [-0.4, -0.2) is 50.2 Å². The van der Waals surface area contributed by atoms with Gasteiger partial charge in [-0.2, -0.15) is 5.10 Å². The first-order valence-corrected chi connectivity index (χ1v) is 8.03. The van der Waals surface area contributed by atoms with Gasteiger partial charge in [0.25, 0.3) is 5.91 Å². The van der Waals surface area contributed by atoms with E-state index < -0.39 is 5.97 Å². The molecule has 7 nitrogen and oxygen atoms in total. The summed E-state index contributed by atoms with van der Waals surface area (Å²) < 4.78 is 1.69. The summed E-state index contributed by atoms with van der Waals surface area (Å²) in [5, 5.41) is 13.9. The first-order chi connectivity index (χ1) is 11.2. The fourth-order valence-electron chi connectivity index (χ4n) is 2.70. The molecule has 0 unspecified atom stereocenters. The number of nitrogens with zero attached hydrogens (tertiary/aromatic N) is 4. The predicted octanol–water partition coefficient (Wildman–Crippen LogP) is 2.34. The number of aliphatic carboxylic acids is 1. The van der Waals surface area contributed by atoms with E-state index >= 15 is 0 Å². The van der Waals surface area contributed by atoms with Gasteiger partial charge < -0.3 is 10.0 Å². The number of carbonyl (C=O) groups excluding carboxylic acids is 1. The molecule has 1 amide bonds. The molecule has 2 aromatic rings. The van der Waals surface area contributed by atoms with Crippen molar-refractivity contribution in [1.82, 2.24) is 19.7 Å². The van der Waals surface area contributed by atoms with Crippen LogP contribution in [0.3, 0.4) is 0 Å². The highest BCUT2D eigenvalue weighted by Crippen LogP contribution is 2.25. The largest absolute Gasteiger partial charge is 0.481 e. The first kappa shape index (κ1) is 17.9. The van der Waals surface area contributed by atoms with Crippen molar-refractivity contribution in [3.8, 4) is 0 Å². The van der Waals surface area contributed by atoms with E-state index in [1.807, 2.05) is 33.9 Å². The van der Waals surface area contributed by atoms with Crippen molar-refractivity contribution in [2.45, 2.75) is 39.5 Å². The number of aryl methyl sites for hydroxylation is 2. The lowest BCUT2D eigenvalue weighted by Crippen LogP contribution is -2.28. The van der Waals surface area contributed by atoms with Crippen LogP contribution in [0.5, 0.6) is 0 Å². The molecule has 0 atom stereocenters. The third-order valence-electron chi connectivity index (χ3n) is 4.04. The Kier molecular flexibility index (Phi) is 5.21. The van der Waals surface area contributed by atoms with Gasteiger partial charge in [-0.05, 0) is 25.3 Å². The number of amides is 1. The summed E-state index contributed by atoms with van der Waals surface area (Å²) in [5.74, 6) is -0.799. The van der Waals surface area contributed by atoms with E-state index in [1.54, 1.807) is 16.6 Å². The first-order valence-electron chi connectivity index (χ1n) is 8.03. The number of pyridine rings is 1. The molecular formula is C17H24N4O3. The zero-order chi connectivity index (χ0) is 18.0. The summed E-state index contributed by atoms with van der Waals surface area (Å²) in [7, 11) is 3.51. The van der Waals surface area contributed by atoms with E-state index in [0.29, 0.717) is 24.2 Å². The van der Waals surface area contributed by atoms with Crippen LogP contribution in [0.25, 0.3) is 11.0 Å². The number of carboxylic acids is 1. The van der Waals surface area contributed by atoms with E-state index in [4.69, 9.17) is 5.11 Å². The number of aromatic nitrogens is 3. The van der Waals surface area contributed by atoms with Crippen molar-refractivity contribution >= 4 is 22.9 Å².